The Kier molecular flexibility index (Phi) is 9.71. The van der Waals surface area contributed by atoms with Gasteiger partial charge in [-0.3, -0.25) is 4.79 Å². The lowest BCUT2D eigenvalue weighted by Gasteiger charge is -2.12. The molecule has 0 bridgehead atoms. The molecule has 1 rings (SSSR count). The van der Waals surface area contributed by atoms with Gasteiger partial charge in [-0.1, -0.05) is 0 Å². The van der Waals surface area contributed by atoms with E-state index in [-0.39, 0.29) is 42.8 Å². The molecular weight excluding hydrogens is 281 g/mol. The van der Waals surface area contributed by atoms with Crippen molar-refractivity contribution < 1.29 is 4.79 Å². The molecule has 0 saturated heterocycles. The van der Waals surface area contributed by atoms with Gasteiger partial charge >= 0.3 is 0 Å². The number of nitrogens with two attached hydrogens (primary N) is 1. The molecule has 1 aromatic heterocycles. The SMILES string of the molecule is Cc1cnc(C(C)NC(=O)CC(C)N)s1.Cl.Cl. The quantitative estimate of drug-likeness (QED) is 0.896. The van der Waals surface area contributed by atoms with Crippen molar-refractivity contribution in [3.8, 4) is 0 Å². The smallest absolute Gasteiger partial charge is 0.222 e. The Hall–Kier alpha value is -0.360. The van der Waals surface area contributed by atoms with Gasteiger partial charge in [0.15, 0.2) is 0 Å². The molecule has 0 aliphatic rings. The van der Waals surface area contributed by atoms with Gasteiger partial charge in [-0.15, -0.1) is 36.2 Å². The maximum absolute atomic E-state index is 11.4. The molecular formula is C10H19Cl2N3OS. The highest BCUT2D eigenvalue weighted by atomic mass is 35.5. The fourth-order valence-electron chi connectivity index (χ4n) is 1.23. The van der Waals surface area contributed by atoms with Gasteiger partial charge in [0.2, 0.25) is 5.91 Å². The summed E-state index contributed by atoms with van der Waals surface area (Å²) in [5, 5.41) is 3.81. The van der Waals surface area contributed by atoms with Crippen molar-refractivity contribution in [3.05, 3.63) is 16.1 Å². The molecule has 17 heavy (non-hydrogen) atoms. The average molecular weight is 300 g/mol. The summed E-state index contributed by atoms with van der Waals surface area (Å²) in [6, 6.07) is -0.134. The Morgan fingerprint density at radius 3 is 2.53 bits per heavy atom. The lowest BCUT2D eigenvalue weighted by Crippen LogP contribution is -2.31. The number of carbonyl (C=O) groups is 1. The molecule has 0 radical (unpaired) electrons. The lowest BCUT2D eigenvalue weighted by molar-refractivity contribution is -0.122. The van der Waals surface area contributed by atoms with Crippen LogP contribution in [0.5, 0.6) is 0 Å². The number of halogens is 2. The van der Waals surface area contributed by atoms with Crippen LogP contribution in [-0.4, -0.2) is 16.9 Å². The molecule has 1 amide bonds. The lowest BCUT2D eigenvalue weighted by atomic mass is 10.2. The molecule has 3 N–H and O–H groups in total. The molecule has 7 heteroatoms. The first kappa shape index (κ1) is 19.0. The number of hydrogen-bond acceptors (Lipinski definition) is 4. The van der Waals surface area contributed by atoms with Crippen LogP contribution >= 0.6 is 36.2 Å². The molecule has 0 aliphatic heterocycles. The summed E-state index contributed by atoms with van der Waals surface area (Å²) < 4.78 is 0. The molecule has 0 fully saturated rings. The van der Waals surface area contributed by atoms with Gasteiger partial charge in [0, 0.05) is 23.5 Å². The number of carbonyl (C=O) groups excluding carboxylic acids is 1. The monoisotopic (exact) mass is 299 g/mol. The molecule has 1 aromatic rings. The standard InChI is InChI=1S/C10H17N3OS.2ClH/c1-6(11)4-9(14)13-8(3)10-12-5-7(2)15-10;;/h5-6,8H,4,11H2,1-3H3,(H,13,14);2*1H. The number of thiazole rings is 1. The van der Waals surface area contributed by atoms with E-state index < -0.39 is 0 Å². The zero-order valence-electron chi connectivity index (χ0n) is 10.1. The van der Waals surface area contributed by atoms with E-state index in [1.807, 2.05) is 27.0 Å². The van der Waals surface area contributed by atoms with E-state index in [9.17, 15) is 4.79 Å². The van der Waals surface area contributed by atoms with Gasteiger partial charge in [0.1, 0.15) is 5.01 Å². The number of nitrogens with zero attached hydrogens (tertiary/aromatic N) is 1. The maximum Gasteiger partial charge on any atom is 0.222 e. The van der Waals surface area contributed by atoms with Crippen LogP contribution in [0.4, 0.5) is 0 Å². The second-order valence-corrected chi connectivity index (χ2v) is 5.05. The fraction of sp³-hybridized carbons (Fsp3) is 0.600. The van der Waals surface area contributed by atoms with Crippen molar-refractivity contribution in [1.29, 1.82) is 0 Å². The third kappa shape index (κ3) is 6.83. The highest BCUT2D eigenvalue weighted by Crippen LogP contribution is 2.18. The Balaban J connectivity index is 0. The van der Waals surface area contributed by atoms with Gasteiger partial charge < -0.3 is 11.1 Å². The number of aromatic nitrogens is 1. The molecule has 2 unspecified atom stereocenters. The van der Waals surface area contributed by atoms with Crippen molar-refractivity contribution in [1.82, 2.24) is 10.3 Å². The minimum atomic E-state index is -0.102. The van der Waals surface area contributed by atoms with Crippen LogP contribution in [-0.2, 0) is 4.79 Å². The van der Waals surface area contributed by atoms with Crippen molar-refractivity contribution in [3.63, 3.8) is 0 Å². The summed E-state index contributed by atoms with van der Waals surface area (Å²) in [4.78, 5) is 16.8. The van der Waals surface area contributed by atoms with Crippen molar-refractivity contribution in [2.24, 2.45) is 5.73 Å². The first-order valence-corrected chi connectivity index (χ1v) is 5.78. The topological polar surface area (TPSA) is 68.0 Å². The van der Waals surface area contributed by atoms with Crippen molar-refractivity contribution >= 4 is 42.1 Å². The third-order valence-corrected chi connectivity index (χ3v) is 2.99. The van der Waals surface area contributed by atoms with Crippen LogP contribution in [0.15, 0.2) is 6.20 Å². The third-order valence-electron chi connectivity index (χ3n) is 1.89. The van der Waals surface area contributed by atoms with Gasteiger partial charge in [-0.2, -0.15) is 0 Å². The highest BCUT2D eigenvalue weighted by molar-refractivity contribution is 7.11. The number of aryl methyl sites for hydroxylation is 1. The van der Waals surface area contributed by atoms with Gasteiger partial charge in [-0.05, 0) is 20.8 Å². The minimum absolute atomic E-state index is 0. The first-order valence-electron chi connectivity index (χ1n) is 4.96. The maximum atomic E-state index is 11.4. The van der Waals surface area contributed by atoms with Gasteiger partial charge in [0.25, 0.3) is 0 Å². The van der Waals surface area contributed by atoms with Crippen molar-refractivity contribution in [2.75, 3.05) is 0 Å². The fourth-order valence-corrected chi connectivity index (χ4v) is 2.00. The zero-order valence-corrected chi connectivity index (χ0v) is 12.5. The van der Waals surface area contributed by atoms with E-state index in [1.165, 1.54) is 0 Å². The van der Waals surface area contributed by atoms with E-state index >= 15 is 0 Å². The molecule has 0 aliphatic carbocycles. The molecule has 2 atom stereocenters. The average Bonchev–Trinajstić information content (AvgIpc) is 2.49. The largest absolute Gasteiger partial charge is 0.347 e. The summed E-state index contributed by atoms with van der Waals surface area (Å²) in [6.07, 6.45) is 2.17. The Morgan fingerprint density at radius 1 is 1.53 bits per heavy atom. The van der Waals surface area contributed by atoms with Crippen LogP contribution in [0.2, 0.25) is 0 Å². The van der Waals surface area contributed by atoms with E-state index in [4.69, 9.17) is 5.73 Å². The van der Waals surface area contributed by atoms with E-state index in [0.29, 0.717) is 6.42 Å². The summed E-state index contributed by atoms with van der Waals surface area (Å²) in [6.45, 7) is 5.74. The van der Waals surface area contributed by atoms with Crippen LogP contribution in [0.1, 0.15) is 36.2 Å². The van der Waals surface area contributed by atoms with Crippen molar-refractivity contribution in [2.45, 2.75) is 39.3 Å². The molecule has 100 valence electrons. The predicted octanol–water partition coefficient (Wildman–Crippen LogP) is 2.21. The van der Waals surface area contributed by atoms with Crippen LogP contribution in [0, 0.1) is 6.92 Å². The second-order valence-electron chi connectivity index (χ2n) is 3.78. The number of hydrogen-bond donors (Lipinski definition) is 2. The normalized spacial score (nSPS) is 12.9. The van der Waals surface area contributed by atoms with Gasteiger partial charge in [0.05, 0.1) is 6.04 Å². The summed E-state index contributed by atoms with van der Waals surface area (Å²) in [5.74, 6) is -0.0228. The predicted molar refractivity (Wildman–Crippen MR) is 76.2 cm³/mol. The Bertz CT molecular complexity index is 344. The second kappa shape index (κ2) is 8.69. The summed E-state index contributed by atoms with van der Waals surface area (Å²) in [7, 11) is 0. The summed E-state index contributed by atoms with van der Waals surface area (Å²) in [5.41, 5.74) is 5.54. The minimum Gasteiger partial charge on any atom is -0.347 e. The van der Waals surface area contributed by atoms with Crippen LogP contribution < -0.4 is 11.1 Å². The number of nitrogens with one attached hydrogen (secondary N) is 1. The Labute approximate surface area is 118 Å². The zero-order chi connectivity index (χ0) is 11.4. The van der Waals surface area contributed by atoms with Crippen LogP contribution in [0.25, 0.3) is 0 Å². The molecule has 0 aromatic carbocycles. The summed E-state index contributed by atoms with van der Waals surface area (Å²) >= 11 is 1.60. The van der Waals surface area contributed by atoms with E-state index in [1.54, 1.807) is 11.3 Å². The molecule has 4 nitrogen and oxygen atoms in total. The van der Waals surface area contributed by atoms with E-state index in [2.05, 4.69) is 10.3 Å². The van der Waals surface area contributed by atoms with E-state index in [0.717, 1.165) is 9.88 Å². The molecule has 1 heterocycles. The van der Waals surface area contributed by atoms with Gasteiger partial charge in [-0.25, -0.2) is 4.98 Å². The molecule has 0 spiro atoms. The Morgan fingerprint density at radius 2 is 2.12 bits per heavy atom. The highest BCUT2D eigenvalue weighted by Gasteiger charge is 2.13. The molecule has 0 saturated carbocycles. The number of rotatable bonds is 4. The first-order chi connectivity index (χ1) is 6.99. The van der Waals surface area contributed by atoms with Crippen LogP contribution in [0.3, 0.4) is 0 Å². The number of amides is 1.